The molecule has 0 aliphatic rings. The quantitative estimate of drug-likeness (QED) is 0.581. The predicted octanol–water partition coefficient (Wildman–Crippen LogP) is 3.24. The van der Waals surface area contributed by atoms with Gasteiger partial charge in [-0.2, -0.15) is 5.10 Å². The maximum atomic E-state index is 4.52. The van der Waals surface area contributed by atoms with Crippen molar-refractivity contribution in [3.8, 4) is 11.4 Å². The molecule has 0 aliphatic carbocycles. The highest BCUT2D eigenvalue weighted by Gasteiger charge is 2.06. The van der Waals surface area contributed by atoms with E-state index in [2.05, 4.69) is 62.6 Å². The van der Waals surface area contributed by atoms with E-state index in [0.717, 1.165) is 30.0 Å². The van der Waals surface area contributed by atoms with Crippen molar-refractivity contribution in [1.82, 2.24) is 30.0 Å². The second-order valence-electron chi connectivity index (χ2n) is 6.33. The minimum atomic E-state index is 0.246. The van der Waals surface area contributed by atoms with Crippen LogP contribution in [0, 0.1) is 0 Å². The largest absolute Gasteiger partial charge is 0.310 e. The molecule has 2 heterocycles. The van der Waals surface area contributed by atoms with E-state index in [0.29, 0.717) is 0 Å². The van der Waals surface area contributed by atoms with Gasteiger partial charge in [-0.15, -0.1) is 0 Å². The Morgan fingerprint density at radius 3 is 2.62 bits per heavy atom. The molecule has 1 N–H and O–H groups in total. The summed E-state index contributed by atoms with van der Waals surface area (Å²) in [6.45, 7) is 3.62. The monoisotopic (exact) mass is 344 g/mol. The van der Waals surface area contributed by atoms with Crippen molar-refractivity contribution in [3.63, 3.8) is 0 Å². The standard InChI is InChI=1S/C20H20N6/c1-15(26-14-22-13-25-26)9-21-10-16-11-23-20(24-12-16)19-7-6-17-4-2-3-5-18(17)8-19/h2-8,11-15,21H,9-10H2,1H3. The maximum absolute atomic E-state index is 4.52. The molecule has 1 atom stereocenters. The summed E-state index contributed by atoms with van der Waals surface area (Å²) in [6, 6.07) is 14.8. The van der Waals surface area contributed by atoms with Gasteiger partial charge in [0.2, 0.25) is 0 Å². The lowest BCUT2D eigenvalue weighted by molar-refractivity contribution is 0.452. The van der Waals surface area contributed by atoms with Gasteiger partial charge in [-0.05, 0) is 23.8 Å². The fourth-order valence-corrected chi connectivity index (χ4v) is 2.89. The SMILES string of the molecule is CC(CNCc1cnc(-c2ccc3ccccc3c2)nc1)n1cncn1. The zero-order chi connectivity index (χ0) is 17.8. The number of rotatable bonds is 6. The third-order valence-electron chi connectivity index (χ3n) is 4.37. The molecule has 0 aliphatic heterocycles. The molecule has 2 aromatic heterocycles. The molecule has 0 amide bonds. The van der Waals surface area contributed by atoms with Crippen LogP contribution in [0.25, 0.3) is 22.2 Å². The van der Waals surface area contributed by atoms with Gasteiger partial charge in [0.05, 0.1) is 6.04 Å². The van der Waals surface area contributed by atoms with E-state index >= 15 is 0 Å². The summed E-state index contributed by atoms with van der Waals surface area (Å²) in [5.74, 6) is 0.746. The van der Waals surface area contributed by atoms with Gasteiger partial charge in [0.1, 0.15) is 12.7 Å². The predicted molar refractivity (Wildman–Crippen MR) is 101 cm³/mol. The lowest BCUT2D eigenvalue weighted by atomic mass is 10.1. The summed E-state index contributed by atoms with van der Waals surface area (Å²) < 4.78 is 1.84. The van der Waals surface area contributed by atoms with Gasteiger partial charge < -0.3 is 5.32 Å². The van der Waals surface area contributed by atoms with E-state index in [4.69, 9.17) is 0 Å². The van der Waals surface area contributed by atoms with Crippen LogP contribution in [0.2, 0.25) is 0 Å². The third kappa shape index (κ3) is 3.60. The fourth-order valence-electron chi connectivity index (χ4n) is 2.89. The molecule has 0 bridgehead atoms. The maximum Gasteiger partial charge on any atom is 0.159 e. The molecule has 0 saturated heterocycles. The first-order valence-corrected chi connectivity index (χ1v) is 8.64. The first kappa shape index (κ1) is 16.4. The lowest BCUT2D eigenvalue weighted by Crippen LogP contribution is -2.23. The molecule has 6 nitrogen and oxygen atoms in total. The van der Waals surface area contributed by atoms with Crippen LogP contribution in [-0.4, -0.2) is 31.3 Å². The number of aromatic nitrogens is 5. The number of hydrogen-bond acceptors (Lipinski definition) is 5. The Balaban J connectivity index is 1.39. The van der Waals surface area contributed by atoms with Crippen LogP contribution in [-0.2, 0) is 6.54 Å². The summed E-state index contributed by atoms with van der Waals surface area (Å²) in [5, 5.41) is 9.97. The molecule has 4 rings (SSSR count). The van der Waals surface area contributed by atoms with E-state index in [1.807, 2.05) is 29.2 Å². The first-order chi connectivity index (χ1) is 12.8. The van der Waals surface area contributed by atoms with Gasteiger partial charge in [0.25, 0.3) is 0 Å². The van der Waals surface area contributed by atoms with E-state index in [-0.39, 0.29) is 6.04 Å². The number of benzene rings is 2. The molecule has 0 saturated carbocycles. The van der Waals surface area contributed by atoms with Crippen LogP contribution in [0.1, 0.15) is 18.5 Å². The summed E-state index contributed by atoms with van der Waals surface area (Å²) in [7, 11) is 0. The topological polar surface area (TPSA) is 68.5 Å². The molecule has 2 aromatic carbocycles. The van der Waals surface area contributed by atoms with Gasteiger partial charge in [-0.25, -0.2) is 19.6 Å². The van der Waals surface area contributed by atoms with Crippen molar-refractivity contribution in [2.24, 2.45) is 0 Å². The second-order valence-corrected chi connectivity index (χ2v) is 6.33. The second kappa shape index (κ2) is 7.41. The Morgan fingerprint density at radius 1 is 1.04 bits per heavy atom. The van der Waals surface area contributed by atoms with E-state index < -0.39 is 0 Å². The van der Waals surface area contributed by atoms with Gasteiger partial charge >= 0.3 is 0 Å². The van der Waals surface area contributed by atoms with Gasteiger partial charge in [-0.3, -0.25) is 0 Å². The van der Waals surface area contributed by atoms with Crippen molar-refractivity contribution in [1.29, 1.82) is 0 Å². The van der Waals surface area contributed by atoms with Crippen LogP contribution >= 0.6 is 0 Å². The molecule has 26 heavy (non-hydrogen) atoms. The van der Waals surface area contributed by atoms with Crippen LogP contribution < -0.4 is 5.32 Å². The average Bonchev–Trinajstić information content (AvgIpc) is 3.23. The van der Waals surface area contributed by atoms with Crippen molar-refractivity contribution in [2.45, 2.75) is 19.5 Å². The van der Waals surface area contributed by atoms with Crippen LogP contribution in [0.3, 0.4) is 0 Å². The summed E-state index contributed by atoms with van der Waals surface area (Å²) in [4.78, 5) is 13.0. The van der Waals surface area contributed by atoms with Gasteiger partial charge in [0.15, 0.2) is 5.82 Å². The molecule has 0 fully saturated rings. The third-order valence-corrected chi connectivity index (χ3v) is 4.37. The highest BCUT2D eigenvalue weighted by molar-refractivity contribution is 5.86. The smallest absolute Gasteiger partial charge is 0.159 e. The van der Waals surface area contributed by atoms with Crippen molar-refractivity contribution >= 4 is 10.8 Å². The Hall–Kier alpha value is -3.12. The normalized spacial score (nSPS) is 12.3. The fraction of sp³-hybridized carbons (Fsp3) is 0.200. The molecular formula is C20H20N6. The Bertz CT molecular complexity index is 979. The first-order valence-electron chi connectivity index (χ1n) is 8.64. The molecular weight excluding hydrogens is 324 g/mol. The van der Waals surface area contributed by atoms with Crippen molar-refractivity contribution < 1.29 is 0 Å². The lowest BCUT2D eigenvalue weighted by Gasteiger charge is -2.12. The molecule has 0 radical (unpaired) electrons. The van der Waals surface area contributed by atoms with Crippen molar-refractivity contribution in [2.75, 3.05) is 6.54 Å². The summed E-state index contributed by atoms with van der Waals surface area (Å²) in [5.41, 5.74) is 2.09. The minimum Gasteiger partial charge on any atom is -0.310 e. The Kier molecular flexibility index (Phi) is 4.66. The zero-order valence-corrected chi connectivity index (χ0v) is 14.6. The summed E-state index contributed by atoms with van der Waals surface area (Å²) >= 11 is 0. The Labute approximate surface area is 152 Å². The van der Waals surface area contributed by atoms with Crippen LogP contribution in [0.15, 0.2) is 67.5 Å². The van der Waals surface area contributed by atoms with Crippen LogP contribution in [0.5, 0.6) is 0 Å². The number of nitrogens with one attached hydrogen (secondary N) is 1. The molecule has 1 unspecified atom stereocenters. The summed E-state index contributed by atoms with van der Waals surface area (Å²) in [6.07, 6.45) is 7.04. The van der Waals surface area contributed by atoms with E-state index in [1.165, 1.54) is 10.8 Å². The number of fused-ring (bicyclic) bond motifs is 1. The number of nitrogens with zero attached hydrogens (tertiary/aromatic N) is 5. The molecule has 0 spiro atoms. The number of hydrogen-bond donors (Lipinski definition) is 1. The van der Waals surface area contributed by atoms with Gasteiger partial charge in [0, 0.05) is 36.6 Å². The average molecular weight is 344 g/mol. The van der Waals surface area contributed by atoms with Gasteiger partial charge in [-0.1, -0.05) is 36.4 Å². The molecule has 6 heteroatoms. The van der Waals surface area contributed by atoms with E-state index in [9.17, 15) is 0 Å². The van der Waals surface area contributed by atoms with E-state index in [1.54, 1.807) is 12.7 Å². The zero-order valence-electron chi connectivity index (χ0n) is 14.6. The highest BCUT2D eigenvalue weighted by Crippen LogP contribution is 2.21. The van der Waals surface area contributed by atoms with Crippen molar-refractivity contribution in [3.05, 3.63) is 73.1 Å². The molecule has 4 aromatic rings. The highest BCUT2D eigenvalue weighted by atomic mass is 15.3. The molecule has 130 valence electrons. The van der Waals surface area contributed by atoms with Crippen LogP contribution in [0.4, 0.5) is 0 Å². The Morgan fingerprint density at radius 2 is 1.85 bits per heavy atom. The minimum absolute atomic E-state index is 0.246.